The number of nitrogens with zero attached hydrogens (tertiary/aromatic N) is 1. The molecule has 2 nitrogen and oxygen atoms in total. The second-order valence-corrected chi connectivity index (χ2v) is 4.62. The van der Waals surface area contributed by atoms with E-state index in [1.165, 1.54) is 0 Å². The first kappa shape index (κ1) is 10.6. The fraction of sp³-hybridized carbons (Fsp3) is 1.00. The molecule has 0 radical (unpaired) electrons. The van der Waals surface area contributed by atoms with Crippen LogP contribution in [0.1, 0.15) is 41.0 Å². The van der Waals surface area contributed by atoms with E-state index in [1.54, 1.807) is 0 Å². The first-order valence-corrected chi connectivity index (χ1v) is 4.20. The van der Waals surface area contributed by atoms with E-state index in [0.717, 1.165) is 6.42 Å². The third-order valence-corrected chi connectivity index (χ3v) is 1.82. The lowest BCUT2D eigenvalue weighted by Crippen LogP contribution is -2.25. The van der Waals surface area contributed by atoms with E-state index in [1.807, 2.05) is 0 Å². The van der Waals surface area contributed by atoms with E-state index in [0.29, 0.717) is 5.92 Å². The standard InChI is InChI=1S/C9H19NO/c1-7(2)6-8(10-11)9(3,4)5/h7-8H,6H2,1-5H3. The van der Waals surface area contributed by atoms with Crippen LogP contribution in [0.3, 0.4) is 0 Å². The molecule has 0 aliphatic carbocycles. The Balaban J connectivity index is 4.07. The van der Waals surface area contributed by atoms with E-state index in [-0.39, 0.29) is 11.5 Å². The molecule has 66 valence electrons. The van der Waals surface area contributed by atoms with Crippen molar-refractivity contribution in [3.05, 3.63) is 4.91 Å². The summed E-state index contributed by atoms with van der Waals surface area (Å²) in [4.78, 5) is 10.4. The zero-order valence-electron chi connectivity index (χ0n) is 8.22. The predicted molar refractivity (Wildman–Crippen MR) is 48.5 cm³/mol. The topological polar surface area (TPSA) is 29.4 Å². The second-order valence-electron chi connectivity index (χ2n) is 4.62. The minimum atomic E-state index is -0.0394. The van der Waals surface area contributed by atoms with Crippen LogP contribution in [-0.2, 0) is 0 Å². The Morgan fingerprint density at radius 2 is 1.73 bits per heavy atom. The third-order valence-electron chi connectivity index (χ3n) is 1.82. The van der Waals surface area contributed by atoms with Gasteiger partial charge in [-0.2, -0.15) is 4.91 Å². The van der Waals surface area contributed by atoms with Crippen LogP contribution in [0.15, 0.2) is 5.18 Å². The smallest absolute Gasteiger partial charge is 0.0970 e. The van der Waals surface area contributed by atoms with E-state index in [4.69, 9.17) is 0 Å². The fourth-order valence-corrected chi connectivity index (χ4v) is 1.00. The van der Waals surface area contributed by atoms with Gasteiger partial charge in [-0.3, -0.25) is 0 Å². The van der Waals surface area contributed by atoms with Crippen molar-refractivity contribution in [3.63, 3.8) is 0 Å². The molecule has 2 heteroatoms. The highest BCUT2D eigenvalue weighted by atomic mass is 16.3. The van der Waals surface area contributed by atoms with Gasteiger partial charge in [-0.25, -0.2) is 0 Å². The molecule has 0 aromatic heterocycles. The molecule has 0 fully saturated rings. The Hall–Kier alpha value is -0.400. The zero-order chi connectivity index (χ0) is 9.07. The van der Waals surface area contributed by atoms with Crippen molar-refractivity contribution in [2.24, 2.45) is 16.5 Å². The first-order chi connectivity index (χ1) is 4.88. The molecule has 11 heavy (non-hydrogen) atoms. The van der Waals surface area contributed by atoms with Crippen molar-refractivity contribution in [2.45, 2.75) is 47.1 Å². The van der Waals surface area contributed by atoms with Crippen LogP contribution in [0.2, 0.25) is 0 Å². The molecule has 0 saturated carbocycles. The Labute approximate surface area is 69.4 Å². The number of nitroso groups, excluding NO2 is 1. The maximum Gasteiger partial charge on any atom is 0.0970 e. The van der Waals surface area contributed by atoms with Gasteiger partial charge in [0.1, 0.15) is 0 Å². The molecule has 0 rings (SSSR count). The molecule has 0 aliphatic rings. The molecule has 1 atom stereocenters. The highest BCUT2D eigenvalue weighted by Crippen LogP contribution is 2.27. The van der Waals surface area contributed by atoms with Gasteiger partial charge in [0.05, 0.1) is 6.04 Å². The van der Waals surface area contributed by atoms with Gasteiger partial charge in [-0.05, 0) is 17.8 Å². The minimum Gasteiger partial charge on any atom is -0.150 e. The van der Waals surface area contributed by atoms with Crippen molar-refractivity contribution < 1.29 is 0 Å². The van der Waals surface area contributed by atoms with Crippen LogP contribution in [0.5, 0.6) is 0 Å². The summed E-state index contributed by atoms with van der Waals surface area (Å²) in [5.74, 6) is 0.553. The monoisotopic (exact) mass is 157 g/mol. The van der Waals surface area contributed by atoms with Crippen LogP contribution < -0.4 is 0 Å². The van der Waals surface area contributed by atoms with Gasteiger partial charge in [0.25, 0.3) is 0 Å². The molecular formula is C9H19NO. The molecule has 0 heterocycles. The Morgan fingerprint density at radius 1 is 1.27 bits per heavy atom. The lowest BCUT2D eigenvalue weighted by molar-refractivity contribution is 0.282. The summed E-state index contributed by atoms with van der Waals surface area (Å²) < 4.78 is 0. The Kier molecular flexibility index (Phi) is 3.70. The van der Waals surface area contributed by atoms with Crippen molar-refractivity contribution in [1.29, 1.82) is 0 Å². The fourth-order valence-electron chi connectivity index (χ4n) is 1.00. The van der Waals surface area contributed by atoms with Gasteiger partial charge in [0.15, 0.2) is 0 Å². The van der Waals surface area contributed by atoms with Gasteiger partial charge in [0, 0.05) is 0 Å². The summed E-state index contributed by atoms with van der Waals surface area (Å²) in [6, 6.07) is -0.0394. The summed E-state index contributed by atoms with van der Waals surface area (Å²) in [6.07, 6.45) is 0.896. The summed E-state index contributed by atoms with van der Waals surface area (Å²) in [7, 11) is 0. The van der Waals surface area contributed by atoms with Crippen molar-refractivity contribution >= 4 is 0 Å². The van der Waals surface area contributed by atoms with Crippen LogP contribution in [0.25, 0.3) is 0 Å². The Morgan fingerprint density at radius 3 is 1.82 bits per heavy atom. The number of hydrogen-bond donors (Lipinski definition) is 0. The lowest BCUT2D eigenvalue weighted by atomic mass is 9.83. The van der Waals surface area contributed by atoms with Crippen LogP contribution in [0.4, 0.5) is 0 Å². The minimum absolute atomic E-state index is 0.0199. The molecule has 0 aliphatic heterocycles. The second kappa shape index (κ2) is 3.84. The largest absolute Gasteiger partial charge is 0.150 e. The van der Waals surface area contributed by atoms with Crippen molar-refractivity contribution in [1.82, 2.24) is 0 Å². The molecule has 0 bridgehead atoms. The number of hydrogen-bond acceptors (Lipinski definition) is 2. The molecule has 0 spiro atoms. The lowest BCUT2D eigenvalue weighted by Gasteiger charge is -2.25. The average Bonchev–Trinajstić information content (AvgIpc) is 1.79. The molecular weight excluding hydrogens is 138 g/mol. The molecule has 0 aromatic rings. The van der Waals surface area contributed by atoms with Crippen molar-refractivity contribution in [2.75, 3.05) is 0 Å². The highest BCUT2D eigenvalue weighted by Gasteiger charge is 2.25. The molecule has 0 aromatic carbocycles. The molecule has 0 amide bonds. The SMILES string of the molecule is CC(C)CC(N=O)C(C)(C)C. The quantitative estimate of drug-likeness (QED) is 0.578. The third kappa shape index (κ3) is 4.12. The van der Waals surface area contributed by atoms with E-state index >= 15 is 0 Å². The number of rotatable bonds is 3. The summed E-state index contributed by atoms with van der Waals surface area (Å²) in [5.41, 5.74) is 0.0199. The van der Waals surface area contributed by atoms with Crippen LogP contribution >= 0.6 is 0 Å². The Bertz CT molecular complexity index is 124. The highest BCUT2D eigenvalue weighted by molar-refractivity contribution is 4.80. The van der Waals surface area contributed by atoms with Gasteiger partial charge in [-0.1, -0.05) is 39.8 Å². The maximum absolute atomic E-state index is 10.4. The normalized spacial score (nSPS) is 15.1. The summed E-state index contributed by atoms with van der Waals surface area (Å²) in [6.45, 7) is 10.4. The van der Waals surface area contributed by atoms with Crippen molar-refractivity contribution in [3.8, 4) is 0 Å². The van der Waals surface area contributed by atoms with Gasteiger partial charge < -0.3 is 0 Å². The van der Waals surface area contributed by atoms with E-state index in [2.05, 4.69) is 39.8 Å². The molecule has 0 saturated heterocycles. The van der Waals surface area contributed by atoms with Crippen LogP contribution in [-0.4, -0.2) is 6.04 Å². The zero-order valence-corrected chi connectivity index (χ0v) is 8.22. The summed E-state index contributed by atoms with van der Waals surface area (Å²) in [5, 5.41) is 3.15. The predicted octanol–water partition coefficient (Wildman–Crippen LogP) is 3.21. The van der Waals surface area contributed by atoms with E-state index in [9.17, 15) is 4.91 Å². The van der Waals surface area contributed by atoms with Gasteiger partial charge in [-0.15, -0.1) is 0 Å². The maximum atomic E-state index is 10.4. The van der Waals surface area contributed by atoms with Gasteiger partial charge in [0.2, 0.25) is 0 Å². The summed E-state index contributed by atoms with van der Waals surface area (Å²) >= 11 is 0. The van der Waals surface area contributed by atoms with E-state index < -0.39 is 0 Å². The average molecular weight is 157 g/mol. The van der Waals surface area contributed by atoms with Crippen LogP contribution in [0, 0.1) is 16.2 Å². The van der Waals surface area contributed by atoms with Gasteiger partial charge >= 0.3 is 0 Å². The molecule has 0 N–H and O–H groups in total. The first-order valence-electron chi connectivity index (χ1n) is 4.20. The molecule has 1 unspecified atom stereocenters.